The van der Waals surface area contributed by atoms with Crippen molar-refractivity contribution in [2.45, 2.75) is 38.5 Å². The number of carboxylic acid groups (broad SMARTS) is 1. The van der Waals surface area contributed by atoms with Gasteiger partial charge in [0.2, 0.25) is 5.91 Å². The van der Waals surface area contributed by atoms with E-state index in [4.69, 9.17) is 17.3 Å². The van der Waals surface area contributed by atoms with E-state index in [0.29, 0.717) is 47.1 Å². The standard InChI is InChI=1S/C20H24N2O5S2/c23-15-8-4-3-7-14(15)13-16-19(27)22(20(28)29-16)12-5-1-2-9-17(24)21-11-6-10-18(25)26/h3-4,7-8,13,23H,1-2,5-6,9-12H2,(H,21,24)(H,25,26)/b16-13-. The van der Waals surface area contributed by atoms with Crippen LogP contribution in [0.3, 0.4) is 0 Å². The molecule has 0 bridgehead atoms. The van der Waals surface area contributed by atoms with Crippen LogP contribution in [-0.2, 0) is 14.4 Å². The number of unbranched alkanes of at least 4 members (excludes halogenated alkanes) is 2. The van der Waals surface area contributed by atoms with E-state index in [9.17, 15) is 19.5 Å². The van der Waals surface area contributed by atoms with Crippen LogP contribution in [0, 0.1) is 0 Å². The number of phenolic OH excluding ortho intramolecular Hbond substituents is 1. The summed E-state index contributed by atoms with van der Waals surface area (Å²) in [5.74, 6) is -1.02. The van der Waals surface area contributed by atoms with Gasteiger partial charge in [-0.15, -0.1) is 0 Å². The molecule has 3 N–H and O–H groups in total. The molecule has 2 rings (SSSR count). The van der Waals surface area contributed by atoms with Gasteiger partial charge in [-0.2, -0.15) is 0 Å². The number of thioether (sulfide) groups is 1. The number of amides is 2. The van der Waals surface area contributed by atoms with Crippen LogP contribution < -0.4 is 5.32 Å². The second-order valence-electron chi connectivity index (χ2n) is 6.55. The lowest BCUT2D eigenvalue weighted by atomic mass is 10.1. The van der Waals surface area contributed by atoms with E-state index in [1.165, 1.54) is 11.8 Å². The molecular formula is C20H24N2O5S2. The molecule has 1 fully saturated rings. The molecular weight excluding hydrogens is 412 g/mol. The highest BCUT2D eigenvalue weighted by atomic mass is 32.2. The van der Waals surface area contributed by atoms with Crippen molar-refractivity contribution >= 4 is 52.2 Å². The molecule has 2 amide bonds. The third-order valence-electron chi connectivity index (χ3n) is 4.27. The van der Waals surface area contributed by atoms with Gasteiger partial charge in [0, 0.05) is 31.5 Å². The van der Waals surface area contributed by atoms with Gasteiger partial charge in [0.25, 0.3) is 5.91 Å². The minimum Gasteiger partial charge on any atom is -0.507 e. The molecule has 1 saturated heterocycles. The molecule has 29 heavy (non-hydrogen) atoms. The van der Waals surface area contributed by atoms with E-state index in [-0.39, 0.29) is 24.0 Å². The number of phenols is 1. The zero-order valence-electron chi connectivity index (χ0n) is 15.9. The molecule has 9 heteroatoms. The molecule has 0 aromatic heterocycles. The van der Waals surface area contributed by atoms with E-state index >= 15 is 0 Å². The Bertz CT molecular complexity index is 810. The maximum absolute atomic E-state index is 12.6. The molecule has 1 heterocycles. The van der Waals surface area contributed by atoms with Crippen molar-refractivity contribution in [2.24, 2.45) is 0 Å². The van der Waals surface area contributed by atoms with Crippen molar-refractivity contribution in [3.63, 3.8) is 0 Å². The summed E-state index contributed by atoms with van der Waals surface area (Å²) in [5, 5.41) is 21.1. The minimum atomic E-state index is -0.870. The fourth-order valence-corrected chi connectivity index (χ4v) is 4.03. The second kappa shape index (κ2) is 11.6. The smallest absolute Gasteiger partial charge is 0.303 e. The Morgan fingerprint density at radius 1 is 1.14 bits per heavy atom. The number of hydrogen-bond acceptors (Lipinski definition) is 6. The van der Waals surface area contributed by atoms with Crippen molar-refractivity contribution in [3.05, 3.63) is 34.7 Å². The average Bonchev–Trinajstić information content (AvgIpc) is 2.94. The van der Waals surface area contributed by atoms with E-state index in [2.05, 4.69) is 5.32 Å². The van der Waals surface area contributed by atoms with Gasteiger partial charge in [0.05, 0.1) is 4.91 Å². The van der Waals surface area contributed by atoms with Crippen LogP contribution in [-0.4, -0.2) is 50.3 Å². The molecule has 0 unspecified atom stereocenters. The largest absolute Gasteiger partial charge is 0.507 e. The highest BCUT2D eigenvalue weighted by molar-refractivity contribution is 8.26. The van der Waals surface area contributed by atoms with Crippen molar-refractivity contribution in [1.82, 2.24) is 10.2 Å². The van der Waals surface area contributed by atoms with Gasteiger partial charge in [-0.25, -0.2) is 0 Å². The third kappa shape index (κ3) is 7.51. The molecule has 0 radical (unpaired) electrons. The maximum Gasteiger partial charge on any atom is 0.303 e. The van der Waals surface area contributed by atoms with Crippen molar-refractivity contribution in [1.29, 1.82) is 0 Å². The number of nitrogens with one attached hydrogen (secondary N) is 1. The molecule has 0 spiro atoms. The molecule has 1 aromatic rings. The first-order chi connectivity index (χ1) is 13.9. The summed E-state index contributed by atoms with van der Waals surface area (Å²) in [4.78, 5) is 36.7. The lowest BCUT2D eigenvalue weighted by molar-refractivity contribution is -0.137. The number of thiocarbonyl (C=S) groups is 1. The fraction of sp³-hybridized carbons (Fsp3) is 0.400. The number of para-hydroxylation sites is 1. The maximum atomic E-state index is 12.6. The Morgan fingerprint density at radius 2 is 1.90 bits per heavy atom. The molecule has 0 saturated carbocycles. The molecule has 0 atom stereocenters. The molecule has 1 aromatic carbocycles. The first-order valence-electron chi connectivity index (χ1n) is 9.40. The van der Waals surface area contributed by atoms with Crippen LogP contribution in [0.4, 0.5) is 0 Å². The van der Waals surface area contributed by atoms with Crippen LogP contribution in [0.5, 0.6) is 5.75 Å². The number of benzene rings is 1. The summed E-state index contributed by atoms with van der Waals surface area (Å²) < 4.78 is 0.493. The second-order valence-corrected chi connectivity index (χ2v) is 8.23. The van der Waals surface area contributed by atoms with Crippen molar-refractivity contribution in [3.8, 4) is 5.75 Å². The molecule has 0 aliphatic carbocycles. The van der Waals surface area contributed by atoms with Crippen molar-refractivity contribution in [2.75, 3.05) is 13.1 Å². The molecule has 156 valence electrons. The number of rotatable bonds is 11. The van der Waals surface area contributed by atoms with Gasteiger partial charge in [-0.05, 0) is 31.4 Å². The Labute approximate surface area is 179 Å². The summed E-state index contributed by atoms with van der Waals surface area (Å²) >= 11 is 6.52. The Hall–Kier alpha value is -2.39. The summed E-state index contributed by atoms with van der Waals surface area (Å²) in [6, 6.07) is 6.80. The van der Waals surface area contributed by atoms with Gasteiger partial charge in [0.1, 0.15) is 10.1 Å². The fourth-order valence-electron chi connectivity index (χ4n) is 2.73. The number of aliphatic carboxylic acids is 1. The summed E-state index contributed by atoms with van der Waals surface area (Å²) in [7, 11) is 0. The van der Waals surface area contributed by atoms with Gasteiger partial charge < -0.3 is 15.5 Å². The first-order valence-corrected chi connectivity index (χ1v) is 10.6. The SMILES string of the molecule is O=C(O)CCCNC(=O)CCCCCN1C(=O)/C(=C/c2ccccc2O)SC1=S. The zero-order valence-corrected chi connectivity index (χ0v) is 17.6. The lowest BCUT2D eigenvalue weighted by Gasteiger charge is -2.14. The van der Waals surface area contributed by atoms with E-state index in [1.807, 2.05) is 0 Å². The predicted molar refractivity (Wildman–Crippen MR) is 116 cm³/mol. The van der Waals surface area contributed by atoms with Crippen LogP contribution in [0.15, 0.2) is 29.2 Å². The van der Waals surface area contributed by atoms with Crippen LogP contribution in [0.1, 0.15) is 44.1 Å². The van der Waals surface area contributed by atoms with E-state index < -0.39 is 5.97 Å². The molecule has 1 aliphatic rings. The highest BCUT2D eigenvalue weighted by Gasteiger charge is 2.31. The highest BCUT2D eigenvalue weighted by Crippen LogP contribution is 2.34. The number of nitrogens with zero attached hydrogens (tertiary/aromatic N) is 1. The summed E-state index contributed by atoms with van der Waals surface area (Å²) in [6.45, 7) is 0.855. The number of hydrogen-bond donors (Lipinski definition) is 3. The van der Waals surface area contributed by atoms with Crippen LogP contribution in [0.2, 0.25) is 0 Å². The van der Waals surface area contributed by atoms with E-state index in [1.54, 1.807) is 35.2 Å². The molecule has 1 aliphatic heterocycles. The number of aromatic hydroxyl groups is 1. The number of carboxylic acids is 1. The summed E-state index contributed by atoms with van der Waals surface area (Å²) in [6.07, 6.45) is 4.67. The van der Waals surface area contributed by atoms with Crippen LogP contribution in [0.25, 0.3) is 6.08 Å². The quantitative estimate of drug-likeness (QED) is 0.278. The lowest BCUT2D eigenvalue weighted by Crippen LogP contribution is -2.29. The number of carbonyl (C=O) groups excluding carboxylic acids is 2. The van der Waals surface area contributed by atoms with Crippen LogP contribution >= 0.6 is 24.0 Å². The van der Waals surface area contributed by atoms with Gasteiger partial charge in [0.15, 0.2) is 0 Å². The van der Waals surface area contributed by atoms with Crippen molar-refractivity contribution < 1.29 is 24.6 Å². The van der Waals surface area contributed by atoms with Gasteiger partial charge in [-0.1, -0.05) is 48.6 Å². The third-order valence-corrected chi connectivity index (χ3v) is 5.65. The molecule has 7 nitrogen and oxygen atoms in total. The number of carbonyl (C=O) groups is 3. The first kappa shape index (κ1) is 22.9. The van der Waals surface area contributed by atoms with Gasteiger partial charge >= 0.3 is 5.97 Å². The monoisotopic (exact) mass is 436 g/mol. The normalized spacial score (nSPS) is 15.2. The minimum absolute atomic E-state index is 0.0440. The Kier molecular flexibility index (Phi) is 9.14. The summed E-state index contributed by atoms with van der Waals surface area (Å²) in [5.41, 5.74) is 0.572. The Morgan fingerprint density at radius 3 is 2.62 bits per heavy atom. The van der Waals surface area contributed by atoms with Gasteiger partial charge in [-0.3, -0.25) is 19.3 Å². The predicted octanol–water partition coefficient (Wildman–Crippen LogP) is 3.13. The average molecular weight is 437 g/mol. The van der Waals surface area contributed by atoms with E-state index in [0.717, 1.165) is 12.8 Å². The topological polar surface area (TPSA) is 107 Å². The Balaban J connectivity index is 1.70. The zero-order chi connectivity index (χ0) is 21.2.